The van der Waals surface area contributed by atoms with Crippen LogP contribution in [0.5, 0.6) is 0 Å². The average Bonchev–Trinajstić information content (AvgIpc) is 2.93. The summed E-state index contributed by atoms with van der Waals surface area (Å²) in [5.74, 6) is 0.581. The Balaban J connectivity index is 2.03. The lowest BCUT2D eigenvalue weighted by molar-refractivity contribution is 0.601. The first-order valence-electron chi connectivity index (χ1n) is 6.69. The average molecular weight is 393 g/mol. The molecule has 0 atom stereocenters. The van der Waals surface area contributed by atoms with Crippen molar-refractivity contribution in [3.63, 3.8) is 0 Å². The summed E-state index contributed by atoms with van der Waals surface area (Å²) in [5.41, 5.74) is 1.11. The molecule has 23 heavy (non-hydrogen) atoms. The van der Waals surface area contributed by atoms with Crippen molar-refractivity contribution >= 4 is 31.6 Å². The predicted octanol–water partition coefficient (Wildman–Crippen LogP) is 3.05. The summed E-state index contributed by atoms with van der Waals surface area (Å²) in [6.45, 7) is 0. The summed E-state index contributed by atoms with van der Waals surface area (Å²) >= 11 is 3.28. The smallest absolute Gasteiger partial charge is 0.261 e. The van der Waals surface area contributed by atoms with E-state index in [0.29, 0.717) is 21.5 Å². The van der Waals surface area contributed by atoms with Crippen molar-refractivity contribution in [2.75, 3.05) is 4.72 Å². The minimum atomic E-state index is -3.70. The fourth-order valence-electron chi connectivity index (χ4n) is 2.13. The van der Waals surface area contributed by atoms with E-state index >= 15 is 0 Å². The Hall–Kier alpha value is -2.19. The molecule has 6 nitrogen and oxygen atoms in total. The highest BCUT2D eigenvalue weighted by atomic mass is 79.9. The van der Waals surface area contributed by atoms with E-state index in [2.05, 4.69) is 30.8 Å². The number of para-hydroxylation sites is 1. The zero-order valence-corrected chi connectivity index (χ0v) is 14.5. The molecule has 0 bridgehead atoms. The number of nitrogens with one attached hydrogen (secondary N) is 1. The third kappa shape index (κ3) is 3.27. The van der Waals surface area contributed by atoms with Gasteiger partial charge in [-0.1, -0.05) is 34.1 Å². The third-order valence-electron chi connectivity index (χ3n) is 3.23. The maximum atomic E-state index is 12.6. The highest BCUT2D eigenvalue weighted by molar-refractivity contribution is 9.10. The molecule has 1 heterocycles. The number of hydrogen-bond acceptors (Lipinski definition) is 4. The maximum absolute atomic E-state index is 12.6. The van der Waals surface area contributed by atoms with E-state index < -0.39 is 10.0 Å². The van der Waals surface area contributed by atoms with Crippen molar-refractivity contribution in [1.29, 1.82) is 0 Å². The highest BCUT2D eigenvalue weighted by Gasteiger charge is 2.18. The van der Waals surface area contributed by atoms with E-state index in [-0.39, 0.29) is 4.90 Å². The van der Waals surface area contributed by atoms with Crippen molar-refractivity contribution in [2.24, 2.45) is 7.05 Å². The number of benzene rings is 2. The summed E-state index contributed by atoms with van der Waals surface area (Å²) < 4.78 is 30.2. The Labute approximate surface area is 142 Å². The predicted molar refractivity (Wildman–Crippen MR) is 91.4 cm³/mol. The molecule has 1 N–H and O–H groups in total. The van der Waals surface area contributed by atoms with Crippen LogP contribution in [0.2, 0.25) is 0 Å². The van der Waals surface area contributed by atoms with Gasteiger partial charge in [-0.15, -0.1) is 10.2 Å². The lowest BCUT2D eigenvalue weighted by Crippen LogP contribution is -2.14. The third-order valence-corrected chi connectivity index (χ3v) is 5.09. The van der Waals surface area contributed by atoms with Crippen LogP contribution in [0.4, 0.5) is 5.69 Å². The lowest BCUT2D eigenvalue weighted by atomic mass is 10.2. The fourth-order valence-corrected chi connectivity index (χ4v) is 3.81. The van der Waals surface area contributed by atoms with Gasteiger partial charge in [0.1, 0.15) is 6.33 Å². The quantitative estimate of drug-likeness (QED) is 0.739. The summed E-state index contributed by atoms with van der Waals surface area (Å²) in [5, 5.41) is 7.87. The largest absolute Gasteiger partial charge is 0.317 e. The molecule has 0 amide bonds. The summed E-state index contributed by atoms with van der Waals surface area (Å²) in [4.78, 5) is 0.180. The van der Waals surface area contributed by atoms with E-state index in [0.717, 1.165) is 0 Å². The molecule has 0 aliphatic carbocycles. The van der Waals surface area contributed by atoms with Crippen LogP contribution in [-0.4, -0.2) is 23.2 Å². The van der Waals surface area contributed by atoms with Crippen LogP contribution < -0.4 is 4.72 Å². The van der Waals surface area contributed by atoms with Crippen LogP contribution in [0, 0.1) is 0 Å². The van der Waals surface area contributed by atoms with Crippen LogP contribution in [0.3, 0.4) is 0 Å². The van der Waals surface area contributed by atoms with E-state index in [1.807, 2.05) is 6.07 Å². The lowest BCUT2D eigenvalue weighted by Gasteiger charge is -2.12. The summed E-state index contributed by atoms with van der Waals surface area (Å²) in [6.07, 6.45) is 1.56. The number of rotatable bonds is 4. The number of sulfonamides is 1. The van der Waals surface area contributed by atoms with Crippen molar-refractivity contribution < 1.29 is 8.42 Å². The van der Waals surface area contributed by atoms with Crippen LogP contribution in [0.25, 0.3) is 11.4 Å². The number of aromatic nitrogens is 3. The van der Waals surface area contributed by atoms with Gasteiger partial charge in [-0.05, 0) is 30.3 Å². The second-order valence-corrected chi connectivity index (χ2v) is 7.47. The Morgan fingerprint density at radius 1 is 1.13 bits per heavy atom. The van der Waals surface area contributed by atoms with Gasteiger partial charge in [0.25, 0.3) is 10.0 Å². The number of aryl methyl sites for hydroxylation is 1. The van der Waals surface area contributed by atoms with Gasteiger partial charge in [0.2, 0.25) is 0 Å². The molecule has 0 saturated carbocycles. The molecule has 2 aromatic carbocycles. The van der Waals surface area contributed by atoms with Gasteiger partial charge in [-0.3, -0.25) is 4.72 Å². The molecule has 8 heteroatoms. The first kappa shape index (κ1) is 15.7. The minimum absolute atomic E-state index is 0.180. The number of nitrogens with zero attached hydrogens (tertiary/aromatic N) is 3. The van der Waals surface area contributed by atoms with Crippen molar-refractivity contribution in [1.82, 2.24) is 14.8 Å². The van der Waals surface area contributed by atoms with Gasteiger partial charge < -0.3 is 4.57 Å². The van der Waals surface area contributed by atoms with Crippen LogP contribution in [0.15, 0.2) is 64.2 Å². The molecule has 0 unspecified atom stereocenters. The van der Waals surface area contributed by atoms with Gasteiger partial charge in [0, 0.05) is 17.1 Å². The maximum Gasteiger partial charge on any atom is 0.261 e. The second-order valence-electron chi connectivity index (χ2n) is 4.87. The monoisotopic (exact) mass is 392 g/mol. The number of anilines is 1. The number of hydrogen-bond donors (Lipinski definition) is 1. The Bertz CT molecular complexity index is 953. The van der Waals surface area contributed by atoms with E-state index in [9.17, 15) is 8.42 Å². The number of halogens is 1. The molecule has 0 aliphatic heterocycles. The molecular weight excluding hydrogens is 380 g/mol. The summed E-state index contributed by atoms with van der Waals surface area (Å²) in [7, 11) is -1.90. The van der Waals surface area contributed by atoms with E-state index in [1.165, 1.54) is 6.07 Å². The Morgan fingerprint density at radius 2 is 1.91 bits per heavy atom. The van der Waals surface area contributed by atoms with Gasteiger partial charge in [0.05, 0.1) is 10.6 Å². The molecule has 1 aromatic heterocycles. The minimum Gasteiger partial charge on any atom is -0.317 e. The van der Waals surface area contributed by atoms with E-state index in [1.54, 1.807) is 54.3 Å². The Morgan fingerprint density at radius 3 is 2.61 bits per heavy atom. The first-order valence-corrected chi connectivity index (χ1v) is 8.97. The molecule has 0 aliphatic rings. The highest BCUT2D eigenvalue weighted by Crippen LogP contribution is 2.28. The van der Waals surface area contributed by atoms with Crippen molar-refractivity contribution in [3.8, 4) is 11.4 Å². The van der Waals surface area contributed by atoms with Gasteiger partial charge in [0.15, 0.2) is 5.82 Å². The molecule has 118 valence electrons. The zero-order valence-electron chi connectivity index (χ0n) is 12.1. The second kappa shape index (κ2) is 6.13. The zero-order chi connectivity index (χ0) is 16.4. The Kier molecular flexibility index (Phi) is 4.18. The first-order chi connectivity index (χ1) is 11.0. The molecule has 0 radical (unpaired) electrons. The standard InChI is InChI=1S/C15H13BrN4O2S/c1-20-10-17-18-15(20)13-7-2-3-8-14(13)19-23(21,22)12-6-4-5-11(16)9-12/h2-10,19H,1H3. The summed E-state index contributed by atoms with van der Waals surface area (Å²) in [6, 6.07) is 13.6. The molecular formula is C15H13BrN4O2S. The molecule has 0 spiro atoms. The van der Waals surface area contributed by atoms with Gasteiger partial charge in [-0.2, -0.15) is 0 Å². The molecule has 0 fully saturated rings. The normalized spacial score (nSPS) is 11.4. The topological polar surface area (TPSA) is 76.9 Å². The van der Waals surface area contributed by atoms with Gasteiger partial charge >= 0.3 is 0 Å². The van der Waals surface area contributed by atoms with Crippen LogP contribution in [-0.2, 0) is 17.1 Å². The van der Waals surface area contributed by atoms with Crippen LogP contribution >= 0.6 is 15.9 Å². The van der Waals surface area contributed by atoms with Crippen LogP contribution in [0.1, 0.15) is 0 Å². The SMILES string of the molecule is Cn1cnnc1-c1ccccc1NS(=O)(=O)c1cccc(Br)c1. The molecule has 3 aromatic rings. The fraction of sp³-hybridized carbons (Fsp3) is 0.0667. The molecule has 3 rings (SSSR count). The van der Waals surface area contributed by atoms with E-state index in [4.69, 9.17) is 0 Å². The molecule has 0 saturated heterocycles. The van der Waals surface area contributed by atoms with Crippen molar-refractivity contribution in [3.05, 3.63) is 59.3 Å². The van der Waals surface area contributed by atoms with Crippen molar-refractivity contribution in [2.45, 2.75) is 4.90 Å². The van der Waals surface area contributed by atoms with Gasteiger partial charge in [-0.25, -0.2) is 8.42 Å².